The molecule has 0 aliphatic carbocycles. The molecule has 18 heavy (non-hydrogen) atoms. The molecule has 5 nitrogen and oxygen atoms in total. The first-order valence-electron chi connectivity index (χ1n) is 5.82. The monoisotopic (exact) mass is 249 g/mol. The maximum absolute atomic E-state index is 11.7. The predicted molar refractivity (Wildman–Crippen MR) is 72.5 cm³/mol. The maximum atomic E-state index is 11.7. The number of amides is 1. The molecule has 1 aromatic carbocycles. The number of carbonyl (C=O) groups is 1. The molecule has 0 aliphatic heterocycles. The number of benzene rings is 1. The van der Waals surface area contributed by atoms with E-state index in [0.717, 1.165) is 12.1 Å². The van der Waals surface area contributed by atoms with Crippen molar-refractivity contribution in [2.24, 2.45) is 11.0 Å². The maximum Gasteiger partial charge on any atom is 0.275 e. The van der Waals surface area contributed by atoms with Crippen molar-refractivity contribution in [1.82, 2.24) is 5.43 Å². The lowest BCUT2D eigenvalue weighted by Crippen LogP contribution is -2.19. The molecule has 0 bridgehead atoms. The smallest absolute Gasteiger partial charge is 0.275 e. The second-order valence-corrected chi connectivity index (χ2v) is 4.66. The van der Waals surface area contributed by atoms with Crippen LogP contribution in [-0.2, 0) is 0 Å². The van der Waals surface area contributed by atoms with E-state index >= 15 is 0 Å². The fraction of sp³-hybridized carbons (Fsp3) is 0.385. The number of nitrogen functional groups attached to an aromatic ring is 1. The van der Waals surface area contributed by atoms with Crippen LogP contribution in [0.25, 0.3) is 0 Å². The van der Waals surface area contributed by atoms with E-state index in [9.17, 15) is 9.90 Å². The summed E-state index contributed by atoms with van der Waals surface area (Å²) in [5.74, 6) is -0.115. The summed E-state index contributed by atoms with van der Waals surface area (Å²) < 4.78 is 0. The fourth-order valence-corrected chi connectivity index (χ4v) is 1.58. The highest BCUT2D eigenvalue weighted by Crippen LogP contribution is 2.19. The Labute approximate surface area is 107 Å². The molecule has 0 atom stereocenters. The van der Waals surface area contributed by atoms with E-state index in [1.165, 1.54) is 12.1 Å². The lowest BCUT2D eigenvalue weighted by Gasteiger charge is -2.06. The summed E-state index contributed by atoms with van der Waals surface area (Å²) in [6, 6.07) is 4.35. The first-order valence-corrected chi connectivity index (χ1v) is 5.82. The van der Waals surface area contributed by atoms with Gasteiger partial charge in [-0.1, -0.05) is 13.8 Å². The summed E-state index contributed by atoms with van der Waals surface area (Å²) in [7, 11) is 0. The Balaban J connectivity index is 2.71. The topological polar surface area (TPSA) is 87.7 Å². The van der Waals surface area contributed by atoms with Gasteiger partial charge in [-0.3, -0.25) is 4.79 Å². The summed E-state index contributed by atoms with van der Waals surface area (Å²) in [5.41, 5.74) is 9.30. The largest absolute Gasteiger partial charge is 0.507 e. The summed E-state index contributed by atoms with van der Waals surface area (Å²) >= 11 is 0. The predicted octanol–water partition coefficient (Wildman–Crippen LogP) is 2.13. The Morgan fingerprint density at radius 1 is 1.50 bits per heavy atom. The minimum absolute atomic E-state index is 0.149. The number of phenolic OH excluding ortho intramolecular Hbond substituents is 1. The van der Waals surface area contributed by atoms with Gasteiger partial charge in [0.15, 0.2) is 0 Å². The molecule has 98 valence electrons. The van der Waals surface area contributed by atoms with Crippen LogP contribution >= 0.6 is 0 Å². The van der Waals surface area contributed by atoms with Crippen LogP contribution in [0.2, 0.25) is 0 Å². The third-order valence-electron chi connectivity index (χ3n) is 2.32. The molecule has 1 rings (SSSR count). The fourth-order valence-electron chi connectivity index (χ4n) is 1.58. The number of nitrogens with two attached hydrogens (primary N) is 1. The second kappa shape index (κ2) is 6.05. The third-order valence-corrected chi connectivity index (χ3v) is 2.32. The van der Waals surface area contributed by atoms with Gasteiger partial charge in [0, 0.05) is 17.5 Å². The van der Waals surface area contributed by atoms with Gasteiger partial charge in [0.1, 0.15) is 5.75 Å². The number of hydrazone groups is 1. The van der Waals surface area contributed by atoms with Crippen molar-refractivity contribution in [3.63, 3.8) is 0 Å². The van der Waals surface area contributed by atoms with Crippen LogP contribution in [0.3, 0.4) is 0 Å². The number of carbonyl (C=O) groups excluding carboxylic acids is 1. The zero-order valence-electron chi connectivity index (χ0n) is 10.9. The number of hydrogen-bond donors (Lipinski definition) is 3. The molecule has 4 N–H and O–H groups in total. The molecule has 0 aromatic heterocycles. The summed E-state index contributed by atoms with van der Waals surface area (Å²) in [6.07, 6.45) is 0.813. The van der Waals surface area contributed by atoms with Crippen LogP contribution < -0.4 is 11.2 Å². The number of anilines is 1. The minimum atomic E-state index is -0.449. The molecule has 0 spiro atoms. The van der Waals surface area contributed by atoms with E-state index in [2.05, 4.69) is 24.4 Å². The molecule has 0 unspecified atom stereocenters. The molecule has 1 aromatic rings. The standard InChI is InChI=1S/C13H19N3O2/c1-8(2)6-9(3)15-16-13(18)11-5-4-10(14)7-12(11)17/h4-5,7-8,17H,6,14H2,1-3H3,(H,16,18)/b15-9+. The van der Waals surface area contributed by atoms with Crippen LogP contribution in [0.5, 0.6) is 5.75 Å². The lowest BCUT2D eigenvalue weighted by atomic mass is 10.1. The van der Waals surface area contributed by atoms with Crippen molar-refractivity contribution in [3.05, 3.63) is 23.8 Å². The molecular formula is C13H19N3O2. The van der Waals surface area contributed by atoms with Crippen molar-refractivity contribution in [2.45, 2.75) is 27.2 Å². The van der Waals surface area contributed by atoms with Crippen molar-refractivity contribution in [1.29, 1.82) is 0 Å². The number of rotatable bonds is 4. The van der Waals surface area contributed by atoms with Crippen LogP contribution in [0.15, 0.2) is 23.3 Å². The van der Waals surface area contributed by atoms with Crippen molar-refractivity contribution < 1.29 is 9.90 Å². The van der Waals surface area contributed by atoms with Gasteiger partial charge >= 0.3 is 0 Å². The Morgan fingerprint density at radius 3 is 2.72 bits per heavy atom. The highest BCUT2D eigenvalue weighted by atomic mass is 16.3. The van der Waals surface area contributed by atoms with Gasteiger partial charge in [0.25, 0.3) is 5.91 Å². The zero-order valence-corrected chi connectivity index (χ0v) is 10.9. The van der Waals surface area contributed by atoms with E-state index in [0.29, 0.717) is 11.6 Å². The minimum Gasteiger partial charge on any atom is -0.507 e. The number of phenols is 1. The summed E-state index contributed by atoms with van der Waals surface area (Å²) in [4.78, 5) is 11.7. The van der Waals surface area contributed by atoms with Gasteiger partial charge in [-0.25, -0.2) is 5.43 Å². The van der Waals surface area contributed by atoms with E-state index in [4.69, 9.17) is 5.73 Å². The van der Waals surface area contributed by atoms with Gasteiger partial charge in [-0.05, 0) is 31.4 Å². The average molecular weight is 249 g/mol. The van der Waals surface area contributed by atoms with Gasteiger partial charge < -0.3 is 10.8 Å². The molecule has 0 aliphatic rings. The zero-order chi connectivity index (χ0) is 13.7. The highest BCUT2D eigenvalue weighted by molar-refractivity contribution is 5.98. The molecule has 5 heteroatoms. The SMILES string of the molecule is C/C(CC(C)C)=N\NC(=O)c1ccc(N)cc1O. The molecule has 0 heterocycles. The van der Waals surface area contributed by atoms with E-state index in [-0.39, 0.29) is 11.3 Å². The molecular weight excluding hydrogens is 230 g/mol. The first-order chi connectivity index (χ1) is 8.40. The molecule has 0 radical (unpaired) electrons. The van der Waals surface area contributed by atoms with Gasteiger partial charge in [0.2, 0.25) is 0 Å². The van der Waals surface area contributed by atoms with Crippen LogP contribution in [-0.4, -0.2) is 16.7 Å². The highest BCUT2D eigenvalue weighted by Gasteiger charge is 2.10. The Morgan fingerprint density at radius 2 is 2.17 bits per heavy atom. The van der Waals surface area contributed by atoms with Crippen molar-refractivity contribution in [3.8, 4) is 5.75 Å². The Kier molecular flexibility index (Phi) is 4.71. The number of nitrogens with one attached hydrogen (secondary N) is 1. The third kappa shape index (κ3) is 4.08. The molecule has 1 amide bonds. The number of hydrogen-bond acceptors (Lipinski definition) is 4. The van der Waals surface area contributed by atoms with E-state index in [1.807, 2.05) is 6.92 Å². The number of aromatic hydroxyl groups is 1. The number of nitrogens with zero attached hydrogens (tertiary/aromatic N) is 1. The quantitative estimate of drug-likeness (QED) is 0.434. The van der Waals surface area contributed by atoms with Crippen molar-refractivity contribution in [2.75, 3.05) is 5.73 Å². The Hall–Kier alpha value is -2.04. The summed E-state index contributed by atoms with van der Waals surface area (Å²) in [5, 5.41) is 13.6. The van der Waals surface area contributed by atoms with Crippen LogP contribution in [0, 0.1) is 5.92 Å². The molecule has 0 fully saturated rings. The van der Waals surface area contributed by atoms with Crippen LogP contribution in [0.1, 0.15) is 37.6 Å². The van der Waals surface area contributed by atoms with Gasteiger partial charge in [-0.15, -0.1) is 0 Å². The molecule has 0 saturated heterocycles. The van der Waals surface area contributed by atoms with E-state index in [1.54, 1.807) is 6.07 Å². The van der Waals surface area contributed by atoms with E-state index < -0.39 is 5.91 Å². The van der Waals surface area contributed by atoms with Gasteiger partial charge in [0.05, 0.1) is 5.56 Å². The first kappa shape index (κ1) is 14.0. The van der Waals surface area contributed by atoms with Gasteiger partial charge in [-0.2, -0.15) is 5.10 Å². The van der Waals surface area contributed by atoms with Crippen molar-refractivity contribution >= 4 is 17.3 Å². The molecule has 0 saturated carbocycles. The normalized spacial score (nSPS) is 11.7. The Bertz CT molecular complexity index is 467. The average Bonchev–Trinajstić information content (AvgIpc) is 2.25. The second-order valence-electron chi connectivity index (χ2n) is 4.66. The lowest BCUT2D eigenvalue weighted by molar-refractivity contribution is 0.0952. The summed E-state index contributed by atoms with van der Waals surface area (Å²) in [6.45, 7) is 6.00. The van der Waals surface area contributed by atoms with Crippen LogP contribution in [0.4, 0.5) is 5.69 Å².